The second-order valence-corrected chi connectivity index (χ2v) is 9.11. The van der Waals surface area contributed by atoms with Gasteiger partial charge in [0.2, 0.25) is 0 Å². The van der Waals surface area contributed by atoms with Gasteiger partial charge in [-0.3, -0.25) is 14.9 Å². The molecule has 0 saturated carbocycles. The number of nitrogen functional groups attached to an aromatic ring is 2. The van der Waals surface area contributed by atoms with E-state index in [1.807, 2.05) is 16.8 Å². The van der Waals surface area contributed by atoms with Crippen LogP contribution < -0.4 is 16.8 Å². The molecule has 1 amide bonds. The van der Waals surface area contributed by atoms with Crippen LogP contribution in [0.25, 0.3) is 21.3 Å². The third-order valence-corrected chi connectivity index (χ3v) is 7.02. The second-order valence-electron chi connectivity index (χ2n) is 6.48. The van der Waals surface area contributed by atoms with Crippen LogP contribution in [0.4, 0.5) is 16.6 Å². The number of ether oxygens (including phenoxy) is 1. The highest BCUT2D eigenvalue weighted by Crippen LogP contribution is 2.43. The van der Waals surface area contributed by atoms with Crippen LogP contribution in [0.15, 0.2) is 22.2 Å². The predicted octanol–water partition coefficient (Wildman–Crippen LogP) is 3.88. The van der Waals surface area contributed by atoms with Crippen LogP contribution in [0.5, 0.6) is 0 Å². The zero-order valence-corrected chi connectivity index (χ0v) is 19.1. The number of carbonyl (C=O) groups is 2. The van der Waals surface area contributed by atoms with E-state index >= 15 is 0 Å². The monoisotopic (exact) mass is 484 g/mol. The van der Waals surface area contributed by atoms with E-state index in [9.17, 15) is 14.9 Å². The van der Waals surface area contributed by atoms with Crippen molar-refractivity contribution in [3.63, 3.8) is 0 Å². The third-order valence-electron chi connectivity index (χ3n) is 4.44. The molecule has 4 aromatic heterocycles. The van der Waals surface area contributed by atoms with Gasteiger partial charge in [-0.25, -0.2) is 9.97 Å². The first-order chi connectivity index (χ1) is 15.4. The highest BCUT2D eigenvalue weighted by Gasteiger charge is 2.25. The van der Waals surface area contributed by atoms with Crippen LogP contribution in [-0.4, -0.2) is 28.5 Å². The molecule has 0 saturated heterocycles. The number of rotatable bonds is 6. The average molecular weight is 485 g/mol. The fraction of sp³-hybridized carbons (Fsp3) is 0.150. The maximum Gasteiger partial charge on any atom is 0.311 e. The Hall–Kier alpha value is -3.53. The summed E-state index contributed by atoms with van der Waals surface area (Å²) in [4.78, 5) is 33.8. The number of hydrogen-bond acceptors (Lipinski definition) is 11. The van der Waals surface area contributed by atoms with E-state index in [0.717, 1.165) is 16.9 Å². The number of pyridine rings is 1. The molecule has 0 aliphatic carbocycles. The molecule has 4 aromatic rings. The molecule has 0 aliphatic rings. The molecule has 0 bridgehead atoms. The lowest BCUT2D eigenvalue weighted by Crippen LogP contribution is -2.12. The number of nitrogens with two attached hydrogens (primary N) is 2. The molecular weight excluding hydrogens is 468 g/mol. The van der Waals surface area contributed by atoms with Crippen LogP contribution in [0.1, 0.15) is 27.9 Å². The number of esters is 1. The Morgan fingerprint density at radius 2 is 2.09 bits per heavy atom. The highest BCUT2D eigenvalue weighted by atomic mass is 32.1. The molecule has 0 spiro atoms. The van der Waals surface area contributed by atoms with Gasteiger partial charge in [0.1, 0.15) is 27.2 Å². The second kappa shape index (κ2) is 8.91. The molecule has 0 radical (unpaired) electrons. The SMILES string of the molecule is CCOC(=O)Cc1csc(NC(=O)c2sc3nc(N)c(C#N)c(-c4ccsc4)c3c2N)n1. The minimum atomic E-state index is -0.462. The number of anilines is 3. The van der Waals surface area contributed by atoms with Crippen LogP contribution in [0, 0.1) is 11.3 Å². The Balaban J connectivity index is 1.69. The molecule has 0 aliphatic heterocycles. The Bertz CT molecular complexity index is 1370. The van der Waals surface area contributed by atoms with Gasteiger partial charge in [0.25, 0.3) is 5.91 Å². The van der Waals surface area contributed by atoms with Gasteiger partial charge < -0.3 is 16.2 Å². The van der Waals surface area contributed by atoms with Gasteiger partial charge >= 0.3 is 5.97 Å². The minimum absolute atomic E-state index is 0.0232. The number of aromatic nitrogens is 2. The maximum atomic E-state index is 12.9. The van der Waals surface area contributed by atoms with Gasteiger partial charge in [0.15, 0.2) is 5.13 Å². The zero-order chi connectivity index (χ0) is 22.8. The Kier molecular flexibility index (Phi) is 6.04. The lowest BCUT2D eigenvalue weighted by molar-refractivity contribution is -0.142. The number of carbonyl (C=O) groups excluding carboxylic acids is 2. The number of thiazole rings is 1. The van der Waals surface area contributed by atoms with Crippen molar-refractivity contribution in [2.75, 3.05) is 23.4 Å². The lowest BCUT2D eigenvalue weighted by Gasteiger charge is -2.07. The summed E-state index contributed by atoms with van der Waals surface area (Å²) in [6.07, 6.45) is 0.0232. The van der Waals surface area contributed by atoms with E-state index in [4.69, 9.17) is 16.2 Å². The molecule has 0 fully saturated rings. The third kappa shape index (κ3) is 4.01. The summed E-state index contributed by atoms with van der Waals surface area (Å²) >= 11 is 3.75. The number of thiophene rings is 2. The quantitative estimate of drug-likeness (QED) is 0.348. The van der Waals surface area contributed by atoms with Gasteiger partial charge in [-0.2, -0.15) is 16.6 Å². The Labute approximate surface area is 194 Å². The predicted molar refractivity (Wildman–Crippen MR) is 127 cm³/mol. The molecule has 0 aromatic carbocycles. The molecule has 5 N–H and O–H groups in total. The van der Waals surface area contributed by atoms with Crippen molar-refractivity contribution in [3.05, 3.63) is 38.3 Å². The van der Waals surface area contributed by atoms with E-state index in [1.54, 1.807) is 12.3 Å². The average Bonchev–Trinajstić information content (AvgIpc) is 3.49. The fourth-order valence-corrected chi connectivity index (χ4v) is 5.47. The van der Waals surface area contributed by atoms with Gasteiger partial charge in [-0.1, -0.05) is 0 Å². The van der Waals surface area contributed by atoms with Crippen molar-refractivity contribution in [2.24, 2.45) is 0 Å². The smallest absolute Gasteiger partial charge is 0.311 e. The van der Waals surface area contributed by atoms with Crippen molar-refractivity contribution < 1.29 is 14.3 Å². The van der Waals surface area contributed by atoms with Crippen molar-refractivity contribution in [1.29, 1.82) is 5.26 Å². The van der Waals surface area contributed by atoms with E-state index in [1.165, 1.54) is 22.7 Å². The topological polar surface area (TPSA) is 157 Å². The van der Waals surface area contributed by atoms with Crippen LogP contribution in [0.3, 0.4) is 0 Å². The van der Waals surface area contributed by atoms with Gasteiger partial charge in [0.05, 0.1) is 24.4 Å². The van der Waals surface area contributed by atoms with Crippen molar-refractivity contribution >= 4 is 72.7 Å². The summed E-state index contributed by atoms with van der Waals surface area (Å²) < 4.78 is 4.91. The highest BCUT2D eigenvalue weighted by molar-refractivity contribution is 7.21. The van der Waals surface area contributed by atoms with Crippen LogP contribution >= 0.6 is 34.0 Å². The van der Waals surface area contributed by atoms with Crippen molar-refractivity contribution in [2.45, 2.75) is 13.3 Å². The standard InChI is InChI=1S/C20H16N6O3S3/c1-2-29-12(27)5-10-8-31-20(24-10)26-18(28)16-15(22)14-13(9-3-4-30-7-9)11(6-21)17(23)25-19(14)32-16/h3-4,7-8H,2,5,22H2,1H3,(H2,23,25)(H,24,26,28). The number of fused-ring (bicyclic) bond motifs is 1. The van der Waals surface area contributed by atoms with Gasteiger partial charge in [-0.15, -0.1) is 22.7 Å². The van der Waals surface area contributed by atoms with E-state index < -0.39 is 5.91 Å². The van der Waals surface area contributed by atoms with Crippen molar-refractivity contribution in [3.8, 4) is 17.2 Å². The summed E-state index contributed by atoms with van der Waals surface area (Å²) in [5.41, 5.74) is 14.7. The number of amides is 1. The van der Waals surface area contributed by atoms with E-state index in [0.29, 0.717) is 26.6 Å². The summed E-state index contributed by atoms with van der Waals surface area (Å²) in [5, 5.41) is 18.6. The summed E-state index contributed by atoms with van der Waals surface area (Å²) in [6, 6.07) is 3.95. The normalized spacial score (nSPS) is 10.8. The first-order valence-electron chi connectivity index (χ1n) is 9.28. The fourth-order valence-electron chi connectivity index (χ4n) is 3.11. The molecule has 4 rings (SSSR count). The largest absolute Gasteiger partial charge is 0.466 e. The molecule has 0 atom stereocenters. The Morgan fingerprint density at radius 3 is 2.78 bits per heavy atom. The number of nitrogens with one attached hydrogen (secondary N) is 1. The molecule has 12 heteroatoms. The molecular formula is C20H16N6O3S3. The molecule has 9 nitrogen and oxygen atoms in total. The van der Waals surface area contributed by atoms with Crippen LogP contribution in [0.2, 0.25) is 0 Å². The summed E-state index contributed by atoms with van der Waals surface area (Å²) in [7, 11) is 0. The molecule has 32 heavy (non-hydrogen) atoms. The molecule has 0 unspecified atom stereocenters. The van der Waals surface area contributed by atoms with Crippen LogP contribution in [-0.2, 0) is 16.0 Å². The molecule has 162 valence electrons. The maximum absolute atomic E-state index is 12.9. The van der Waals surface area contributed by atoms with E-state index in [-0.39, 0.29) is 40.9 Å². The minimum Gasteiger partial charge on any atom is -0.466 e. The first kappa shape index (κ1) is 21.7. The summed E-state index contributed by atoms with van der Waals surface area (Å²) in [6.45, 7) is 2.02. The number of nitriles is 1. The lowest BCUT2D eigenvalue weighted by atomic mass is 9.99. The summed E-state index contributed by atoms with van der Waals surface area (Å²) in [5.74, 6) is -0.767. The first-order valence-corrected chi connectivity index (χ1v) is 11.9. The van der Waals surface area contributed by atoms with Gasteiger partial charge in [0, 0.05) is 16.3 Å². The zero-order valence-electron chi connectivity index (χ0n) is 16.7. The number of hydrogen-bond donors (Lipinski definition) is 3. The van der Waals surface area contributed by atoms with Gasteiger partial charge in [-0.05, 0) is 29.3 Å². The molecule has 4 heterocycles. The van der Waals surface area contributed by atoms with Crippen molar-refractivity contribution in [1.82, 2.24) is 9.97 Å². The Morgan fingerprint density at radius 1 is 1.28 bits per heavy atom. The van der Waals surface area contributed by atoms with E-state index in [2.05, 4.69) is 21.4 Å². The number of nitrogens with zero attached hydrogens (tertiary/aromatic N) is 3.